The van der Waals surface area contributed by atoms with Crippen LogP contribution in [0.1, 0.15) is 19.0 Å². The molecule has 1 aliphatic heterocycles. The van der Waals surface area contributed by atoms with E-state index in [9.17, 15) is 23.2 Å². The molecule has 2 aromatic carbocycles. The molecule has 1 atom stereocenters. The van der Waals surface area contributed by atoms with Crippen molar-refractivity contribution in [3.63, 3.8) is 0 Å². The number of halogens is 2. The van der Waals surface area contributed by atoms with Crippen LogP contribution in [0.3, 0.4) is 0 Å². The highest BCUT2D eigenvalue weighted by Crippen LogP contribution is 2.30. The molecule has 2 heterocycles. The Hall–Kier alpha value is -3.47. The Kier molecular flexibility index (Phi) is 5.36. The molecule has 0 spiro atoms. The van der Waals surface area contributed by atoms with Gasteiger partial charge in [0.25, 0.3) is 5.91 Å². The number of carbonyl (C=O) groups excluding carboxylic acids is 3. The summed E-state index contributed by atoms with van der Waals surface area (Å²) in [6.45, 7) is -1.30. The molecule has 3 aromatic rings. The molecule has 2 N–H and O–H groups in total. The van der Waals surface area contributed by atoms with Crippen molar-refractivity contribution < 1.29 is 23.2 Å². The fourth-order valence-electron chi connectivity index (χ4n) is 3.31. The molecule has 1 aromatic heterocycles. The van der Waals surface area contributed by atoms with Gasteiger partial charge < -0.3 is 5.32 Å². The molecule has 4 amide bonds. The highest BCUT2D eigenvalue weighted by molar-refractivity contribution is 7.99. The van der Waals surface area contributed by atoms with Crippen molar-refractivity contribution >= 4 is 40.6 Å². The van der Waals surface area contributed by atoms with E-state index in [-0.39, 0.29) is 16.4 Å². The molecule has 0 aliphatic carbocycles. The summed E-state index contributed by atoms with van der Waals surface area (Å²) >= 11 is 0.781. The summed E-state index contributed by atoms with van der Waals surface area (Å²) in [4.78, 5) is 41.6. The van der Waals surface area contributed by atoms with E-state index in [1.807, 2.05) is 0 Å². The number of thioether (sulfide) groups is 1. The first-order valence-electron chi connectivity index (χ1n) is 9.21. The summed E-state index contributed by atoms with van der Waals surface area (Å²) in [7, 11) is 0. The molecule has 1 aliphatic rings. The van der Waals surface area contributed by atoms with E-state index in [0.29, 0.717) is 16.1 Å². The van der Waals surface area contributed by atoms with E-state index >= 15 is 0 Å². The standard InChI is InChI=1S/C20H17F2N5O3S/c1-20(12-7-3-2-4-8-12)16(29)27(18(30)24-20)25-15(28)11-31-19-23-13-9-5-6-10-14(13)26(19)17(21)22/h2-10,17H,11H2,1H3,(H,24,30)(H,25,28)/t20-/m0/s1. The predicted octanol–water partition coefficient (Wildman–Crippen LogP) is 3.02. The van der Waals surface area contributed by atoms with Gasteiger partial charge in [-0.1, -0.05) is 54.2 Å². The maximum atomic E-state index is 13.5. The van der Waals surface area contributed by atoms with E-state index in [2.05, 4.69) is 15.7 Å². The monoisotopic (exact) mass is 445 g/mol. The number of imide groups is 1. The predicted molar refractivity (Wildman–Crippen MR) is 109 cm³/mol. The third-order valence-corrected chi connectivity index (χ3v) is 5.82. The number of hydrazine groups is 1. The normalized spacial score (nSPS) is 18.6. The molecule has 0 saturated carbocycles. The van der Waals surface area contributed by atoms with Crippen LogP contribution in [0.2, 0.25) is 0 Å². The quantitative estimate of drug-likeness (QED) is 0.449. The number of fused-ring (bicyclic) bond motifs is 1. The number of carbonyl (C=O) groups is 3. The maximum absolute atomic E-state index is 13.5. The van der Waals surface area contributed by atoms with Gasteiger partial charge in [-0.3, -0.25) is 19.6 Å². The van der Waals surface area contributed by atoms with E-state index in [1.165, 1.54) is 13.0 Å². The van der Waals surface area contributed by atoms with Crippen LogP contribution in [0.25, 0.3) is 11.0 Å². The zero-order valence-electron chi connectivity index (χ0n) is 16.2. The molecule has 0 radical (unpaired) electrons. The second kappa shape index (κ2) is 7.99. The van der Waals surface area contributed by atoms with Crippen LogP contribution in [-0.4, -0.2) is 38.2 Å². The molecule has 11 heteroatoms. The van der Waals surface area contributed by atoms with Crippen molar-refractivity contribution in [3.8, 4) is 0 Å². The molecule has 1 saturated heterocycles. The van der Waals surface area contributed by atoms with E-state index in [4.69, 9.17) is 0 Å². The molecule has 8 nitrogen and oxygen atoms in total. The largest absolute Gasteiger partial charge is 0.344 e. The minimum absolute atomic E-state index is 0.0438. The third-order valence-electron chi connectivity index (χ3n) is 4.87. The number of hydrogen-bond acceptors (Lipinski definition) is 5. The van der Waals surface area contributed by atoms with Crippen LogP contribution < -0.4 is 10.7 Å². The van der Waals surface area contributed by atoms with Gasteiger partial charge in [-0.2, -0.15) is 13.8 Å². The Morgan fingerprint density at radius 2 is 1.84 bits per heavy atom. The molecular formula is C20H17F2N5O3S. The summed E-state index contributed by atoms with van der Waals surface area (Å²) in [5, 5.41) is 3.13. The van der Waals surface area contributed by atoms with Crippen molar-refractivity contribution in [1.82, 2.24) is 25.3 Å². The zero-order valence-corrected chi connectivity index (χ0v) is 17.0. The molecular weight excluding hydrogens is 428 g/mol. The average Bonchev–Trinajstić information content (AvgIpc) is 3.24. The van der Waals surface area contributed by atoms with Gasteiger partial charge in [-0.25, -0.2) is 9.78 Å². The lowest BCUT2D eigenvalue weighted by atomic mass is 9.92. The van der Waals surface area contributed by atoms with Crippen molar-refractivity contribution in [2.45, 2.75) is 24.2 Å². The van der Waals surface area contributed by atoms with Crippen LogP contribution in [0, 0.1) is 0 Å². The van der Waals surface area contributed by atoms with Crippen LogP contribution in [0.15, 0.2) is 59.8 Å². The number of imidazole rings is 1. The van der Waals surface area contributed by atoms with Gasteiger partial charge in [0.1, 0.15) is 5.54 Å². The molecule has 160 valence electrons. The Labute approximate surface area is 179 Å². The highest BCUT2D eigenvalue weighted by atomic mass is 32.2. The Morgan fingerprint density at radius 1 is 1.16 bits per heavy atom. The lowest BCUT2D eigenvalue weighted by Crippen LogP contribution is -2.48. The summed E-state index contributed by atoms with van der Waals surface area (Å²) < 4.78 is 27.7. The van der Waals surface area contributed by atoms with Gasteiger partial charge in [0.2, 0.25) is 5.91 Å². The summed E-state index contributed by atoms with van der Waals surface area (Å²) in [6, 6.07) is 14.2. The number of aromatic nitrogens is 2. The molecule has 0 unspecified atom stereocenters. The third kappa shape index (κ3) is 3.72. The first-order valence-corrected chi connectivity index (χ1v) is 10.2. The Morgan fingerprint density at radius 3 is 2.55 bits per heavy atom. The highest BCUT2D eigenvalue weighted by Gasteiger charge is 2.49. The summed E-state index contributed by atoms with van der Waals surface area (Å²) in [6.07, 6.45) is 0. The smallest absolute Gasteiger partial charge is 0.318 e. The van der Waals surface area contributed by atoms with Crippen LogP contribution in [-0.2, 0) is 15.1 Å². The Balaban J connectivity index is 1.46. The summed E-state index contributed by atoms with van der Waals surface area (Å²) in [5.74, 6) is -1.68. The SMILES string of the molecule is C[C@@]1(c2ccccc2)NC(=O)N(NC(=O)CSc2nc3ccccc3n2C(F)F)C1=O. The number of alkyl halides is 2. The van der Waals surface area contributed by atoms with Gasteiger partial charge in [0, 0.05) is 0 Å². The number of rotatable bonds is 6. The maximum Gasteiger partial charge on any atom is 0.344 e. The number of benzene rings is 2. The van der Waals surface area contributed by atoms with E-state index < -0.39 is 29.9 Å². The fraction of sp³-hybridized carbons (Fsp3) is 0.200. The zero-order chi connectivity index (χ0) is 22.2. The van der Waals surface area contributed by atoms with Crippen LogP contribution >= 0.6 is 11.8 Å². The van der Waals surface area contributed by atoms with Gasteiger partial charge >= 0.3 is 12.6 Å². The number of hydrogen-bond donors (Lipinski definition) is 2. The van der Waals surface area contributed by atoms with Gasteiger partial charge in [0.15, 0.2) is 5.16 Å². The number of para-hydroxylation sites is 2. The first-order chi connectivity index (χ1) is 14.8. The second-order valence-corrected chi connectivity index (χ2v) is 7.86. The van der Waals surface area contributed by atoms with Gasteiger partial charge in [-0.15, -0.1) is 0 Å². The minimum atomic E-state index is -2.84. The van der Waals surface area contributed by atoms with Gasteiger partial charge in [0.05, 0.1) is 16.8 Å². The minimum Gasteiger partial charge on any atom is -0.318 e. The average molecular weight is 445 g/mol. The topological polar surface area (TPSA) is 96.3 Å². The van der Waals surface area contributed by atoms with Crippen molar-refractivity contribution in [2.75, 3.05) is 5.75 Å². The summed E-state index contributed by atoms with van der Waals surface area (Å²) in [5.41, 5.74) is 2.09. The molecule has 1 fully saturated rings. The lowest BCUT2D eigenvalue weighted by Gasteiger charge is -2.22. The van der Waals surface area contributed by atoms with E-state index in [1.54, 1.807) is 48.5 Å². The molecule has 31 heavy (non-hydrogen) atoms. The second-order valence-electron chi connectivity index (χ2n) is 6.92. The van der Waals surface area contributed by atoms with Crippen LogP contribution in [0.5, 0.6) is 0 Å². The lowest BCUT2D eigenvalue weighted by molar-refractivity contribution is -0.138. The van der Waals surface area contributed by atoms with E-state index in [0.717, 1.165) is 16.3 Å². The number of urea groups is 1. The molecule has 0 bridgehead atoms. The molecule has 4 rings (SSSR count). The van der Waals surface area contributed by atoms with Crippen LogP contribution in [0.4, 0.5) is 13.6 Å². The van der Waals surface area contributed by atoms with Crippen molar-refractivity contribution in [3.05, 3.63) is 60.2 Å². The van der Waals surface area contributed by atoms with Crippen molar-refractivity contribution in [2.24, 2.45) is 0 Å². The number of amides is 4. The first kappa shape index (κ1) is 20.8. The van der Waals surface area contributed by atoms with Gasteiger partial charge in [-0.05, 0) is 24.6 Å². The Bertz CT molecular complexity index is 1170. The van der Waals surface area contributed by atoms with Crippen molar-refractivity contribution in [1.29, 1.82) is 0 Å². The number of nitrogens with one attached hydrogen (secondary N) is 2. The number of nitrogens with zero attached hydrogens (tertiary/aromatic N) is 3. The fourth-order valence-corrected chi connectivity index (χ4v) is 4.11.